The quantitative estimate of drug-likeness (QED) is 0.503. The van der Waals surface area contributed by atoms with Gasteiger partial charge in [-0.15, -0.1) is 0 Å². The molecule has 0 aliphatic rings. The number of benzene rings is 3. The Morgan fingerprint density at radius 3 is 2.18 bits per heavy atom. The first-order valence-electron chi connectivity index (χ1n) is 9.16. The Morgan fingerprint density at radius 2 is 1.50 bits per heavy atom. The molecule has 0 amide bonds. The lowest BCUT2D eigenvalue weighted by atomic mass is 9.70. The molecule has 4 heteroatoms. The van der Waals surface area contributed by atoms with Gasteiger partial charge in [0.05, 0.1) is 14.2 Å². The lowest BCUT2D eigenvalue weighted by molar-refractivity contribution is 0.404. The van der Waals surface area contributed by atoms with Crippen LogP contribution >= 0.6 is 0 Å². The third-order valence-electron chi connectivity index (χ3n) is 5.54. The number of hydrogen-bond acceptors (Lipinski definition) is 3. The highest BCUT2D eigenvalue weighted by Crippen LogP contribution is 2.46. The molecule has 0 saturated heterocycles. The van der Waals surface area contributed by atoms with Crippen LogP contribution in [0.3, 0.4) is 0 Å². The zero-order valence-corrected chi connectivity index (χ0v) is 16.2. The Hall–Kier alpha value is -3.40. The minimum absolute atomic E-state index is 0.197. The van der Waals surface area contributed by atoms with E-state index in [1.54, 1.807) is 20.3 Å². The number of aromatic nitrogens is 1. The van der Waals surface area contributed by atoms with Crippen molar-refractivity contribution in [2.45, 2.75) is 12.3 Å². The van der Waals surface area contributed by atoms with Gasteiger partial charge in [0, 0.05) is 34.1 Å². The highest BCUT2D eigenvalue weighted by molar-refractivity contribution is 5.86. The normalized spacial score (nSPS) is 13.2. The number of hydrogen-bond donors (Lipinski definition) is 2. The van der Waals surface area contributed by atoms with Crippen molar-refractivity contribution in [3.05, 3.63) is 89.6 Å². The fourth-order valence-corrected chi connectivity index (χ4v) is 3.93. The molecular weight excluding hydrogens is 350 g/mol. The number of methoxy groups -OCH3 is 2. The van der Waals surface area contributed by atoms with Crippen molar-refractivity contribution in [3.8, 4) is 17.2 Å². The molecule has 0 bridgehead atoms. The summed E-state index contributed by atoms with van der Waals surface area (Å²) < 4.78 is 10.6. The number of phenols is 1. The van der Waals surface area contributed by atoms with Crippen LogP contribution in [0.1, 0.15) is 23.6 Å². The molecule has 4 rings (SSSR count). The van der Waals surface area contributed by atoms with Crippen LogP contribution in [0, 0.1) is 0 Å². The zero-order valence-electron chi connectivity index (χ0n) is 16.2. The molecule has 4 aromatic rings. The van der Waals surface area contributed by atoms with E-state index in [0.717, 1.165) is 33.3 Å². The first-order chi connectivity index (χ1) is 13.6. The van der Waals surface area contributed by atoms with E-state index in [2.05, 4.69) is 24.0 Å². The summed E-state index contributed by atoms with van der Waals surface area (Å²) in [5.74, 6) is 1.61. The lowest BCUT2D eigenvalue weighted by Crippen LogP contribution is -2.25. The summed E-state index contributed by atoms with van der Waals surface area (Å²) in [6, 6.07) is 21.7. The molecule has 0 fully saturated rings. The molecule has 1 aromatic heterocycles. The molecule has 3 aromatic carbocycles. The third-order valence-corrected chi connectivity index (χ3v) is 5.54. The van der Waals surface area contributed by atoms with E-state index in [1.165, 1.54) is 0 Å². The van der Waals surface area contributed by atoms with Crippen LogP contribution in [0.2, 0.25) is 0 Å². The summed E-state index contributed by atoms with van der Waals surface area (Å²) in [5, 5.41) is 12.0. The molecule has 0 aliphatic carbocycles. The zero-order chi connectivity index (χ0) is 19.7. The van der Waals surface area contributed by atoms with Crippen molar-refractivity contribution >= 4 is 10.9 Å². The van der Waals surface area contributed by atoms with Gasteiger partial charge in [-0.3, -0.25) is 0 Å². The molecule has 28 heavy (non-hydrogen) atoms. The fourth-order valence-electron chi connectivity index (χ4n) is 3.93. The van der Waals surface area contributed by atoms with Gasteiger partial charge in [0.15, 0.2) is 0 Å². The standard InChI is InChI=1S/C24H23NO3/c1-24(16-8-10-17(27-2)11-9-16,20-13-12-18(28-3)14-23(20)26)21-15-25-22-7-5-4-6-19(21)22/h4-15,25-26H,1-3H3/t24-/m1/s1. The fraction of sp³-hybridized carbons (Fsp3) is 0.167. The monoisotopic (exact) mass is 373 g/mol. The first-order valence-corrected chi connectivity index (χ1v) is 9.16. The topological polar surface area (TPSA) is 54.5 Å². The second-order valence-electron chi connectivity index (χ2n) is 6.98. The van der Waals surface area contributed by atoms with Crippen molar-refractivity contribution in [1.82, 2.24) is 4.98 Å². The van der Waals surface area contributed by atoms with Gasteiger partial charge in [-0.2, -0.15) is 0 Å². The minimum atomic E-state index is -0.581. The number of rotatable bonds is 5. The third kappa shape index (κ3) is 2.78. The van der Waals surface area contributed by atoms with Gasteiger partial charge in [-0.1, -0.05) is 36.4 Å². The van der Waals surface area contributed by atoms with Gasteiger partial charge in [-0.05, 0) is 42.3 Å². The number of ether oxygens (including phenoxy) is 2. The van der Waals surface area contributed by atoms with E-state index in [4.69, 9.17) is 9.47 Å². The number of para-hydroxylation sites is 1. The van der Waals surface area contributed by atoms with Crippen molar-refractivity contribution in [3.63, 3.8) is 0 Å². The number of phenolic OH excluding ortho intramolecular Hbond substituents is 1. The van der Waals surface area contributed by atoms with E-state index in [1.807, 2.05) is 54.7 Å². The summed E-state index contributed by atoms with van der Waals surface area (Å²) >= 11 is 0. The van der Waals surface area contributed by atoms with Crippen molar-refractivity contribution in [2.75, 3.05) is 14.2 Å². The van der Waals surface area contributed by atoms with Crippen LogP contribution in [0.25, 0.3) is 10.9 Å². The van der Waals surface area contributed by atoms with Gasteiger partial charge in [-0.25, -0.2) is 0 Å². The summed E-state index contributed by atoms with van der Waals surface area (Å²) in [7, 11) is 3.25. The van der Waals surface area contributed by atoms with E-state index in [9.17, 15) is 5.11 Å². The Labute approximate surface area is 164 Å². The highest BCUT2D eigenvalue weighted by Gasteiger charge is 2.35. The van der Waals surface area contributed by atoms with Gasteiger partial charge in [0.2, 0.25) is 0 Å². The predicted molar refractivity (Wildman–Crippen MR) is 112 cm³/mol. The van der Waals surface area contributed by atoms with Crippen LogP contribution in [0.4, 0.5) is 0 Å². The maximum atomic E-state index is 10.9. The van der Waals surface area contributed by atoms with Crippen LogP contribution < -0.4 is 9.47 Å². The Balaban J connectivity index is 2.00. The van der Waals surface area contributed by atoms with Crippen molar-refractivity contribution in [2.24, 2.45) is 0 Å². The molecule has 142 valence electrons. The second kappa shape index (κ2) is 6.97. The number of nitrogens with one attached hydrogen (secondary N) is 1. The molecule has 0 radical (unpaired) electrons. The maximum absolute atomic E-state index is 10.9. The number of aromatic amines is 1. The second-order valence-corrected chi connectivity index (χ2v) is 6.98. The van der Waals surface area contributed by atoms with Crippen LogP contribution in [0.15, 0.2) is 72.9 Å². The minimum Gasteiger partial charge on any atom is -0.507 e. The lowest BCUT2D eigenvalue weighted by Gasteiger charge is -2.32. The number of fused-ring (bicyclic) bond motifs is 1. The molecule has 4 nitrogen and oxygen atoms in total. The van der Waals surface area contributed by atoms with E-state index < -0.39 is 5.41 Å². The van der Waals surface area contributed by atoms with Gasteiger partial charge < -0.3 is 19.6 Å². The number of aromatic hydroxyl groups is 1. The Kier molecular flexibility index (Phi) is 4.47. The van der Waals surface area contributed by atoms with Crippen molar-refractivity contribution < 1.29 is 14.6 Å². The molecule has 1 atom stereocenters. The van der Waals surface area contributed by atoms with Gasteiger partial charge in [0.25, 0.3) is 0 Å². The van der Waals surface area contributed by atoms with Crippen molar-refractivity contribution in [1.29, 1.82) is 0 Å². The Bertz CT molecular complexity index is 1110. The molecule has 0 saturated carbocycles. The average molecular weight is 373 g/mol. The Morgan fingerprint density at radius 1 is 0.821 bits per heavy atom. The maximum Gasteiger partial charge on any atom is 0.123 e. The molecule has 2 N–H and O–H groups in total. The first kappa shape index (κ1) is 18.0. The largest absolute Gasteiger partial charge is 0.507 e. The summed E-state index contributed by atoms with van der Waals surface area (Å²) in [6.45, 7) is 2.13. The molecule has 0 spiro atoms. The molecular formula is C24H23NO3. The number of H-pyrrole nitrogens is 1. The molecule has 1 heterocycles. The molecule has 0 aliphatic heterocycles. The predicted octanol–water partition coefficient (Wildman–Crippen LogP) is 5.25. The summed E-state index contributed by atoms with van der Waals surface area (Å²) in [6.07, 6.45) is 2.03. The van der Waals surface area contributed by atoms with Gasteiger partial charge in [0.1, 0.15) is 17.2 Å². The molecule has 0 unspecified atom stereocenters. The SMILES string of the molecule is COc1ccc([C@](C)(c2ccc(OC)cc2O)c2c[nH]c3ccccc23)cc1. The van der Waals surface area contributed by atoms with Crippen LogP contribution in [-0.4, -0.2) is 24.3 Å². The summed E-state index contributed by atoms with van der Waals surface area (Å²) in [4.78, 5) is 3.37. The average Bonchev–Trinajstić information content (AvgIpc) is 3.18. The van der Waals surface area contributed by atoms with E-state index in [0.29, 0.717) is 5.75 Å². The van der Waals surface area contributed by atoms with Crippen LogP contribution in [-0.2, 0) is 5.41 Å². The summed E-state index contributed by atoms with van der Waals surface area (Å²) in [5.41, 5.74) is 3.43. The smallest absolute Gasteiger partial charge is 0.123 e. The van der Waals surface area contributed by atoms with E-state index in [-0.39, 0.29) is 5.75 Å². The highest BCUT2D eigenvalue weighted by atomic mass is 16.5. The van der Waals surface area contributed by atoms with Gasteiger partial charge >= 0.3 is 0 Å². The van der Waals surface area contributed by atoms with E-state index >= 15 is 0 Å². The van der Waals surface area contributed by atoms with Crippen LogP contribution in [0.5, 0.6) is 17.2 Å².